The van der Waals surface area contributed by atoms with Gasteiger partial charge in [0, 0.05) is 23.5 Å². The summed E-state index contributed by atoms with van der Waals surface area (Å²) in [6.45, 7) is 1.48. The molecule has 26 heavy (non-hydrogen) atoms. The van der Waals surface area contributed by atoms with Crippen molar-refractivity contribution >= 4 is 37.0 Å². The molecule has 1 aromatic carbocycles. The van der Waals surface area contributed by atoms with Crippen LogP contribution in [0.4, 0.5) is 0 Å². The maximum Gasteiger partial charge on any atom is 0.243 e. The summed E-state index contributed by atoms with van der Waals surface area (Å²) >= 11 is 1.37. The average Bonchev–Trinajstić information content (AvgIpc) is 3.06. The van der Waals surface area contributed by atoms with Crippen LogP contribution in [0, 0.1) is 0 Å². The number of nitrogens with zero attached hydrogens (tertiary/aromatic N) is 1. The lowest BCUT2D eigenvalue weighted by molar-refractivity contribution is 0.101. The van der Waals surface area contributed by atoms with Crippen molar-refractivity contribution in [2.45, 2.75) is 23.5 Å². The number of carbonyl (C=O) groups is 1. The minimum Gasteiger partial charge on any atom is -0.295 e. The largest absolute Gasteiger partial charge is 0.295 e. The molecule has 6 nitrogen and oxygen atoms in total. The van der Waals surface area contributed by atoms with Crippen LogP contribution in [0.1, 0.15) is 33.8 Å². The summed E-state index contributed by atoms with van der Waals surface area (Å²) in [7, 11) is -7.23. The Labute approximate surface area is 157 Å². The van der Waals surface area contributed by atoms with E-state index in [1.54, 1.807) is 12.1 Å². The zero-order valence-corrected chi connectivity index (χ0v) is 16.6. The molecule has 140 valence electrons. The summed E-state index contributed by atoms with van der Waals surface area (Å²) in [5.74, 6) is -0.353. The Balaban J connectivity index is 1.86. The van der Waals surface area contributed by atoms with E-state index in [2.05, 4.69) is 0 Å². The molecule has 1 atom stereocenters. The van der Waals surface area contributed by atoms with Crippen LogP contribution in [0.15, 0.2) is 46.7 Å². The van der Waals surface area contributed by atoms with E-state index < -0.39 is 25.1 Å². The number of Topliss-reactive ketones (excluding diaryl/α,β-unsaturated/α-hetero) is 1. The predicted molar refractivity (Wildman–Crippen MR) is 101 cm³/mol. The topological polar surface area (TPSA) is 88.6 Å². The van der Waals surface area contributed by atoms with Crippen LogP contribution in [0.5, 0.6) is 0 Å². The number of ketones is 1. The van der Waals surface area contributed by atoms with E-state index in [4.69, 9.17) is 0 Å². The fraction of sp³-hybridized carbons (Fsp3) is 0.353. The third-order valence-electron chi connectivity index (χ3n) is 4.46. The van der Waals surface area contributed by atoms with Crippen molar-refractivity contribution in [3.8, 4) is 0 Å². The van der Waals surface area contributed by atoms with Crippen LogP contribution < -0.4 is 0 Å². The van der Waals surface area contributed by atoms with Crippen LogP contribution in [0.25, 0.3) is 0 Å². The molecule has 1 aromatic heterocycles. The number of thiophene rings is 1. The molecular weight excluding hydrogens is 394 g/mol. The Morgan fingerprint density at radius 2 is 1.85 bits per heavy atom. The average molecular weight is 414 g/mol. The normalized spacial score (nSPS) is 21.2. The first kappa shape index (κ1) is 19.2. The molecule has 1 unspecified atom stereocenters. The summed E-state index contributed by atoms with van der Waals surface area (Å²) < 4.78 is 52.1. The van der Waals surface area contributed by atoms with Gasteiger partial charge >= 0.3 is 0 Å². The third-order valence-corrected chi connectivity index (χ3v) is 9.61. The number of hydrogen-bond donors (Lipinski definition) is 0. The van der Waals surface area contributed by atoms with E-state index in [0.29, 0.717) is 5.56 Å². The van der Waals surface area contributed by atoms with Crippen molar-refractivity contribution in [3.63, 3.8) is 0 Å². The summed E-state index contributed by atoms with van der Waals surface area (Å²) in [5.41, 5.74) is 0.431. The van der Waals surface area contributed by atoms with Crippen molar-refractivity contribution in [2.75, 3.05) is 18.8 Å². The van der Waals surface area contributed by atoms with E-state index in [1.165, 1.54) is 46.8 Å². The molecule has 1 aliphatic rings. The smallest absolute Gasteiger partial charge is 0.243 e. The quantitative estimate of drug-likeness (QED) is 0.719. The standard InChI is InChI=1S/C17H19NO5S3/c1-13(19)14-4-6-15(7-5-14)26(22,23)18-9-8-17(16-3-2-11-24-16)25(20,21)12-10-18/h2-7,11,17H,8-10,12H2,1H3. The van der Waals surface area contributed by atoms with Gasteiger partial charge < -0.3 is 0 Å². The molecule has 1 fully saturated rings. The second-order valence-corrected chi connectivity index (χ2v) is 11.4. The molecule has 0 bridgehead atoms. The maximum atomic E-state index is 12.9. The fourth-order valence-corrected chi connectivity index (χ4v) is 7.54. The highest BCUT2D eigenvalue weighted by molar-refractivity contribution is 7.92. The molecule has 0 spiro atoms. The molecule has 2 heterocycles. The van der Waals surface area contributed by atoms with Gasteiger partial charge in [-0.1, -0.05) is 18.2 Å². The van der Waals surface area contributed by atoms with E-state index in [0.717, 1.165) is 4.88 Å². The molecule has 0 saturated carbocycles. The van der Waals surface area contributed by atoms with E-state index in [-0.39, 0.29) is 35.9 Å². The molecule has 0 aliphatic carbocycles. The fourth-order valence-electron chi connectivity index (χ4n) is 2.97. The minimum atomic E-state index is -3.81. The number of carbonyl (C=O) groups excluding carboxylic acids is 1. The molecule has 0 radical (unpaired) electrons. The van der Waals surface area contributed by atoms with Crippen LogP contribution in [0.3, 0.4) is 0 Å². The van der Waals surface area contributed by atoms with Crippen molar-refractivity contribution in [3.05, 3.63) is 52.2 Å². The zero-order chi connectivity index (χ0) is 18.9. The van der Waals surface area contributed by atoms with Crippen LogP contribution in [-0.2, 0) is 19.9 Å². The van der Waals surface area contributed by atoms with Gasteiger partial charge in [0.15, 0.2) is 15.6 Å². The molecule has 9 heteroatoms. The van der Waals surface area contributed by atoms with Gasteiger partial charge in [-0.05, 0) is 36.9 Å². The van der Waals surface area contributed by atoms with Crippen molar-refractivity contribution in [1.29, 1.82) is 0 Å². The summed E-state index contributed by atoms with van der Waals surface area (Å²) in [6, 6.07) is 9.30. The second kappa shape index (κ2) is 7.22. The number of benzene rings is 1. The first-order valence-electron chi connectivity index (χ1n) is 8.08. The molecule has 0 amide bonds. The van der Waals surface area contributed by atoms with Crippen molar-refractivity contribution in [2.24, 2.45) is 0 Å². The first-order chi connectivity index (χ1) is 12.2. The highest BCUT2D eigenvalue weighted by atomic mass is 32.2. The van der Waals surface area contributed by atoms with Gasteiger partial charge in [0.25, 0.3) is 0 Å². The highest BCUT2D eigenvalue weighted by Crippen LogP contribution is 2.33. The number of sulfonamides is 1. The van der Waals surface area contributed by atoms with Crippen LogP contribution >= 0.6 is 11.3 Å². The Bertz CT molecular complexity index is 993. The molecule has 2 aromatic rings. The molecule has 0 N–H and O–H groups in total. The van der Waals surface area contributed by atoms with Gasteiger partial charge in [-0.3, -0.25) is 4.79 Å². The summed E-state index contributed by atoms with van der Waals surface area (Å²) in [4.78, 5) is 12.2. The SMILES string of the molecule is CC(=O)c1ccc(S(=O)(=O)N2CCC(c3cccs3)S(=O)(=O)CC2)cc1. The van der Waals surface area contributed by atoms with Crippen LogP contribution in [0.2, 0.25) is 0 Å². The maximum absolute atomic E-state index is 12.9. The predicted octanol–water partition coefficient (Wildman–Crippen LogP) is 2.50. The van der Waals surface area contributed by atoms with Gasteiger partial charge in [0.2, 0.25) is 10.0 Å². The van der Waals surface area contributed by atoms with Gasteiger partial charge in [-0.2, -0.15) is 4.31 Å². The number of hydrogen-bond acceptors (Lipinski definition) is 6. The third kappa shape index (κ3) is 3.75. The lowest BCUT2D eigenvalue weighted by atomic mass is 10.2. The monoisotopic (exact) mass is 413 g/mol. The number of sulfone groups is 1. The van der Waals surface area contributed by atoms with Crippen molar-refractivity contribution in [1.82, 2.24) is 4.31 Å². The van der Waals surface area contributed by atoms with E-state index in [1.807, 2.05) is 5.38 Å². The van der Waals surface area contributed by atoms with Gasteiger partial charge in [-0.15, -0.1) is 11.3 Å². The number of rotatable bonds is 4. The Kier molecular flexibility index (Phi) is 5.34. The molecule has 1 saturated heterocycles. The zero-order valence-electron chi connectivity index (χ0n) is 14.2. The molecular formula is C17H19NO5S3. The first-order valence-corrected chi connectivity index (χ1v) is 12.1. The lowest BCUT2D eigenvalue weighted by Crippen LogP contribution is -2.33. The Morgan fingerprint density at radius 3 is 2.42 bits per heavy atom. The lowest BCUT2D eigenvalue weighted by Gasteiger charge is -2.19. The summed E-state index contributed by atoms with van der Waals surface area (Å²) in [5, 5.41) is 1.16. The van der Waals surface area contributed by atoms with E-state index in [9.17, 15) is 21.6 Å². The second-order valence-electron chi connectivity index (χ2n) is 6.14. The molecule has 3 rings (SSSR count). The minimum absolute atomic E-state index is 0.0643. The summed E-state index contributed by atoms with van der Waals surface area (Å²) in [6.07, 6.45) is 0.230. The van der Waals surface area contributed by atoms with Gasteiger partial charge in [0.1, 0.15) is 0 Å². The van der Waals surface area contributed by atoms with Gasteiger partial charge in [0.05, 0.1) is 15.9 Å². The van der Waals surface area contributed by atoms with Gasteiger partial charge in [-0.25, -0.2) is 16.8 Å². The highest BCUT2D eigenvalue weighted by Gasteiger charge is 2.36. The van der Waals surface area contributed by atoms with E-state index >= 15 is 0 Å². The Hall–Kier alpha value is -1.55. The van der Waals surface area contributed by atoms with Crippen LogP contribution in [-0.4, -0.2) is 45.8 Å². The van der Waals surface area contributed by atoms with Crippen molar-refractivity contribution < 1.29 is 21.6 Å². The Morgan fingerprint density at radius 1 is 1.15 bits per heavy atom. The molecule has 1 aliphatic heterocycles.